The van der Waals surface area contributed by atoms with Crippen LogP contribution >= 0.6 is 0 Å². The van der Waals surface area contributed by atoms with Crippen molar-refractivity contribution in [1.29, 1.82) is 0 Å². The highest BCUT2D eigenvalue weighted by Crippen LogP contribution is 2.39. The van der Waals surface area contributed by atoms with Gasteiger partial charge in [0, 0.05) is 12.3 Å². The molecule has 3 atom stereocenters. The van der Waals surface area contributed by atoms with E-state index in [2.05, 4.69) is 13.8 Å². The Morgan fingerprint density at radius 1 is 1.23 bits per heavy atom. The average Bonchev–Trinajstić information content (AvgIpc) is 2.02. The smallest absolute Gasteiger partial charge is 0.0655 e. The van der Waals surface area contributed by atoms with Crippen LogP contribution in [-0.4, -0.2) is 22.9 Å². The third-order valence-electron chi connectivity index (χ3n) is 3.42. The van der Waals surface area contributed by atoms with Crippen molar-refractivity contribution in [1.82, 2.24) is 0 Å². The summed E-state index contributed by atoms with van der Waals surface area (Å²) >= 11 is 0. The fourth-order valence-electron chi connectivity index (χ4n) is 2.82. The van der Waals surface area contributed by atoms with Gasteiger partial charge in [0.25, 0.3) is 0 Å². The lowest BCUT2D eigenvalue weighted by molar-refractivity contribution is -0.187. The van der Waals surface area contributed by atoms with Crippen molar-refractivity contribution < 1.29 is 9.84 Å². The van der Waals surface area contributed by atoms with Gasteiger partial charge in [0.2, 0.25) is 0 Å². The molecule has 2 rings (SSSR count). The predicted molar refractivity (Wildman–Crippen MR) is 51.5 cm³/mol. The summed E-state index contributed by atoms with van der Waals surface area (Å²) in [6, 6.07) is 0. The van der Waals surface area contributed by atoms with Gasteiger partial charge in [0.1, 0.15) is 0 Å². The van der Waals surface area contributed by atoms with E-state index in [1.807, 2.05) is 0 Å². The van der Waals surface area contributed by atoms with Crippen LogP contribution in [0.1, 0.15) is 46.0 Å². The Morgan fingerprint density at radius 2 is 1.92 bits per heavy atom. The van der Waals surface area contributed by atoms with E-state index in [-0.39, 0.29) is 11.7 Å². The number of rotatable bonds is 0. The van der Waals surface area contributed by atoms with Gasteiger partial charge in [-0.2, -0.15) is 0 Å². The Hall–Kier alpha value is -0.0800. The number of hydrogen-bond acceptors (Lipinski definition) is 2. The van der Waals surface area contributed by atoms with E-state index in [0.717, 1.165) is 19.3 Å². The first-order valence-corrected chi connectivity index (χ1v) is 5.44. The highest BCUT2D eigenvalue weighted by molar-refractivity contribution is 4.91. The quantitative estimate of drug-likeness (QED) is 0.624. The van der Waals surface area contributed by atoms with Gasteiger partial charge in [-0.05, 0) is 26.7 Å². The van der Waals surface area contributed by atoms with Crippen molar-refractivity contribution in [2.75, 3.05) is 0 Å². The highest BCUT2D eigenvalue weighted by atomic mass is 16.5. The Morgan fingerprint density at radius 3 is 2.69 bits per heavy atom. The summed E-state index contributed by atoms with van der Waals surface area (Å²) in [6.45, 7) is 4.17. The van der Waals surface area contributed by atoms with E-state index in [1.54, 1.807) is 0 Å². The zero-order valence-electron chi connectivity index (χ0n) is 8.62. The van der Waals surface area contributed by atoms with Gasteiger partial charge in [0.15, 0.2) is 0 Å². The van der Waals surface area contributed by atoms with E-state index < -0.39 is 0 Å². The number of aliphatic hydroxyl groups excluding tert-OH is 1. The molecule has 13 heavy (non-hydrogen) atoms. The molecule has 76 valence electrons. The minimum atomic E-state index is -0.131. The predicted octanol–water partition coefficient (Wildman–Crippen LogP) is 2.10. The third-order valence-corrected chi connectivity index (χ3v) is 3.42. The van der Waals surface area contributed by atoms with Crippen LogP contribution < -0.4 is 0 Å². The number of ether oxygens (including phenoxy) is 1. The van der Waals surface area contributed by atoms with Gasteiger partial charge in [0.05, 0.1) is 17.8 Å². The summed E-state index contributed by atoms with van der Waals surface area (Å²) in [5.41, 5.74) is -0.113. The van der Waals surface area contributed by atoms with Crippen molar-refractivity contribution in [2.24, 2.45) is 5.92 Å². The molecule has 2 fully saturated rings. The summed E-state index contributed by atoms with van der Waals surface area (Å²) in [5, 5.41) is 9.96. The van der Waals surface area contributed by atoms with Crippen LogP contribution in [0.15, 0.2) is 0 Å². The minimum Gasteiger partial charge on any atom is -0.393 e. The van der Waals surface area contributed by atoms with Gasteiger partial charge < -0.3 is 9.84 Å². The molecule has 0 bridgehead atoms. The number of hydrogen-bond donors (Lipinski definition) is 1. The molecule has 2 nitrogen and oxygen atoms in total. The third kappa shape index (κ3) is 1.89. The first-order chi connectivity index (χ1) is 6.08. The molecule has 0 radical (unpaired) electrons. The van der Waals surface area contributed by atoms with Crippen molar-refractivity contribution >= 4 is 0 Å². The van der Waals surface area contributed by atoms with E-state index in [0.29, 0.717) is 12.0 Å². The molecule has 2 heteroatoms. The molecular formula is C11H20O2. The van der Waals surface area contributed by atoms with Crippen molar-refractivity contribution in [3.63, 3.8) is 0 Å². The van der Waals surface area contributed by atoms with E-state index in [9.17, 15) is 5.11 Å². The largest absolute Gasteiger partial charge is 0.393 e. The first-order valence-electron chi connectivity index (χ1n) is 5.44. The van der Waals surface area contributed by atoms with Crippen LogP contribution in [0.4, 0.5) is 0 Å². The van der Waals surface area contributed by atoms with Gasteiger partial charge >= 0.3 is 0 Å². The van der Waals surface area contributed by atoms with Gasteiger partial charge in [-0.3, -0.25) is 0 Å². The van der Waals surface area contributed by atoms with Crippen LogP contribution in [0.3, 0.4) is 0 Å². The van der Waals surface area contributed by atoms with Crippen molar-refractivity contribution in [2.45, 2.75) is 63.8 Å². The van der Waals surface area contributed by atoms with Crippen LogP contribution in [0.2, 0.25) is 0 Å². The Labute approximate surface area is 80.3 Å². The van der Waals surface area contributed by atoms with Gasteiger partial charge in [-0.15, -0.1) is 0 Å². The second-order valence-corrected chi connectivity index (χ2v) is 5.14. The Balaban J connectivity index is 2.07. The van der Waals surface area contributed by atoms with Gasteiger partial charge in [-0.25, -0.2) is 0 Å². The van der Waals surface area contributed by atoms with Crippen molar-refractivity contribution in [3.8, 4) is 0 Å². The van der Waals surface area contributed by atoms with Gasteiger partial charge in [-0.1, -0.05) is 12.8 Å². The van der Waals surface area contributed by atoms with Crippen molar-refractivity contribution in [3.05, 3.63) is 0 Å². The maximum absolute atomic E-state index is 9.96. The molecular weight excluding hydrogens is 164 g/mol. The molecule has 1 heterocycles. The topological polar surface area (TPSA) is 29.5 Å². The zero-order chi connectivity index (χ0) is 9.47. The summed E-state index contributed by atoms with van der Waals surface area (Å²) in [4.78, 5) is 0. The molecule has 0 aromatic heterocycles. The molecule has 0 spiro atoms. The van der Waals surface area contributed by atoms with E-state index >= 15 is 0 Å². The van der Waals surface area contributed by atoms with Crippen LogP contribution in [0, 0.1) is 5.92 Å². The molecule has 3 unspecified atom stereocenters. The SMILES string of the molecule is CC1(C)CC(O)C2CCCCC2O1. The Bertz CT molecular complexity index is 189. The normalized spacial score (nSPS) is 44.1. The lowest BCUT2D eigenvalue weighted by Gasteiger charge is -2.46. The van der Waals surface area contributed by atoms with Crippen LogP contribution in [0.5, 0.6) is 0 Å². The fraction of sp³-hybridized carbons (Fsp3) is 1.00. The summed E-state index contributed by atoms with van der Waals surface area (Å²) in [7, 11) is 0. The van der Waals surface area contributed by atoms with Crippen LogP contribution in [0.25, 0.3) is 0 Å². The average molecular weight is 184 g/mol. The minimum absolute atomic E-state index is 0.113. The maximum atomic E-state index is 9.96. The zero-order valence-corrected chi connectivity index (χ0v) is 8.62. The molecule has 1 aliphatic carbocycles. The fourth-order valence-corrected chi connectivity index (χ4v) is 2.82. The van der Waals surface area contributed by atoms with E-state index in [4.69, 9.17) is 4.74 Å². The number of aliphatic hydroxyl groups is 1. The standard InChI is InChI=1S/C11H20O2/c1-11(2)7-9(12)8-5-3-4-6-10(8)13-11/h8-10,12H,3-7H2,1-2H3. The first kappa shape index (κ1) is 9.47. The highest BCUT2D eigenvalue weighted by Gasteiger charge is 2.42. The van der Waals surface area contributed by atoms with Crippen LogP contribution in [-0.2, 0) is 4.74 Å². The molecule has 2 aliphatic rings. The maximum Gasteiger partial charge on any atom is 0.0655 e. The monoisotopic (exact) mass is 184 g/mol. The summed E-state index contributed by atoms with van der Waals surface area (Å²) < 4.78 is 5.99. The number of fused-ring (bicyclic) bond motifs is 1. The molecule has 0 aromatic rings. The molecule has 0 amide bonds. The molecule has 1 saturated heterocycles. The van der Waals surface area contributed by atoms with E-state index in [1.165, 1.54) is 12.8 Å². The summed E-state index contributed by atoms with van der Waals surface area (Å²) in [6.07, 6.45) is 5.83. The molecule has 1 saturated carbocycles. The Kier molecular flexibility index (Phi) is 2.37. The lowest BCUT2D eigenvalue weighted by atomic mass is 9.76. The molecule has 1 aliphatic heterocycles. The lowest BCUT2D eigenvalue weighted by Crippen LogP contribution is -2.49. The second kappa shape index (κ2) is 3.25. The second-order valence-electron chi connectivity index (χ2n) is 5.14. The summed E-state index contributed by atoms with van der Waals surface area (Å²) in [5.74, 6) is 0.418. The molecule has 0 aromatic carbocycles. The molecule has 1 N–H and O–H groups in total.